The molecule has 116 heavy (non-hydrogen) atoms. The topological polar surface area (TPSA) is 343 Å². The number of benzene rings is 9. The third-order valence-electron chi connectivity index (χ3n) is 23.0. The number of likely N-dealkylation sites (N-methyl/N-ethyl adjacent to an activating group) is 1. The number of nitrogens with zero attached hydrogens (tertiary/aromatic N) is 10. The number of nitro groups is 3. The van der Waals surface area contributed by atoms with E-state index in [1.54, 1.807) is 19.2 Å². The second-order valence-corrected chi connectivity index (χ2v) is 35.5. The monoisotopic (exact) mass is 1650 g/mol. The van der Waals surface area contributed by atoms with Crippen LogP contribution in [0.1, 0.15) is 94.9 Å². The number of likely N-dealkylation sites (tertiary alicyclic amines) is 1. The zero-order chi connectivity index (χ0) is 81.6. The summed E-state index contributed by atoms with van der Waals surface area (Å²) in [5.74, 6) is -0.0448. The van der Waals surface area contributed by atoms with Crippen LogP contribution in [-0.4, -0.2) is 204 Å². The lowest BCUT2D eigenvalue weighted by molar-refractivity contribution is -0.388. The Bertz CT molecular complexity index is 5600. The van der Waals surface area contributed by atoms with Crippen LogP contribution in [0.4, 0.5) is 30.2 Å². The molecule has 10 atom stereocenters. The van der Waals surface area contributed by atoms with Gasteiger partial charge in [0, 0.05) is 143 Å². The zero-order valence-corrected chi connectivity index (χ0v) is 65.1. The van der Waals surface area contributed by atoms with E-state index in [0.717, 1.165) is 35.8 Å². The second kappa shape index (κ2) is 33.4. The van der Waals surface area contributed by atoms with Crippen LogP contribution >= 0.6 is 0 Å². The summed E-state index contributed by atoms with van der Waals surface area (Å²) in [7, 11) is -11.5. The molecule has 0 amide bonds. The van der Waals surface area contributed by atoms with E-state index in [4.69, 9.17) is 14.2 Å². The molecule has 9 aromatic carbocycles. The van der Waals surface area contributed by atoms with Crippen LogP contribution in [0, 0.1) is 47.8 Å². The van der Waals surface area contributed by atoms with Crippen molar-refractivity contribution in [3.63, 3.8) is 0 Å². The fourth-order valence-electron chi connectivity index (χ4n) is 18.1. The number of hydrogen-bond donors (Lipinski definition) is 3. The lowest BCUT2D eigenvalue weighted by Crippen LogP contribution is -2.51. The molecule has 0 aliphatic carbocycles. The first kappa shape index (κ1) is 81.0. The summed E-state index contributed by atoms with van der Waals surface area (Å²) in [6, 6.07) is 45.8. The molecule has 8 aliphatic rings. The Labute approximate surface area is 667 Å². The highest BCUT2D eigenvalue weighted by Crippen LogP contribution is 2.60. The number of aliphatic hydroxyl groups excluding tert-OH is 3. The van der Waals surface area contributed by atoms with Crippen LogP contribution < -0.4 is 14.2 Å². The van der Waals surface area contributed by atoms with Crippen molar-refractivity contribution in [2.45, 2.75) is 100 Å². The molecule has 0 spiro atoms. The number of ether oxygens (including phenoxy) is 3. The van der Waals surface area contributed by atoms with Crippen molar-refractivity contribution in [2.75, 3.05) is 92.3 Å². The van der Waals surface area contributed by atoms with E-state index >= 15 is 0 Å². The zero-order valence-electron chi connectivity index (χ0n) is 62.6. The Morgan fingerprint density at radius 2 is 0.750 bits per heavy atom. The largest absolute Gasteiger partial charge is 0.457 e. The molecule has 34 heteroatoms. The number of para-hydroxylation sites is 6. The van der Waals surface area contributed by atoms with Crippen molar-refractivity contribution in [3.05, 3.63) is 281 Å². The number of halogens is 3. The second-order valence-electron chi connectivity index (χ2n) is 30.0. The Morgan fingerprint density at radius 3 is 1.10 bits per heavy atom. The first-order valence-electron chi connectivity index (χ1n) is 38.0. The minimum absolute atomic E-state index is 0.0747. The molecule has 9 aromatic rings. The minimum Gasteiger partial charge on any atom is -0.457 e. The third kappa shape index (κ3) is 15.8. The number of nitro benzene ring substituents is 3. The smallest absolute Gasteiger partial charge is 0.289 e. The molecular weight excluding hydrogens is 1570 g/mol. The van der Waals surface area contributed by atoms with Crippen molar-refractivity contribution >= 4 is 47.1 Å². The van der Waals surface area contributed by atoms with Crippen molar-refractivity contribution in [2.24, 2.45) is 0 Å². The predicted octanol–water partition coefficient (Wildman–Crippen LogP) is 12.0. The Morgan fingerprint density at radius 1 is 0.422 bits per heavy atom. The first-order valence-corrected chi connectivity index (χ1v) is 42.3. The van der Waals surface area contributed by atoms with Crippen LogP contribution in [-0.2, 0) is 30.1 Å². The molecule has 1 unspecified atom stereocenters. The number of β-amino-alcohol motifs (C(OH)–C–C–N with tert-alkyl or cyclic N) is 2. The summed E-state index contributed by atoms with van der Waals surface area (Å²) in [4.78, 5) is 40.4. The fraction of sp³-hybridized carbons (Fsp3) is 0.341. The molecule has 0 bridgehead atoms. The highest BCUT2D eigenvalue weighted by Gasteiger charge is 2.57. The van der Waals surface area contributed by atoms with Gasteiger partial charge < -0.3 is 34.4 Å². The summed E-state index contributed by atoms with van der Waals surface area (Å²) in [6.45, 7) is 5.74. The van der Waals surface area contributed by atoms with E-state index in [1.807, 2.05) is 70.5 Å². The van der Waals surface area contributed by atoms with Crippen molar-refractivity contribution in [1.82, 2.24) is 32.5 Å². The number of hydrogen-bond acceptors (Lipinski definition) is 22. The molecule has 0 saturated carbocycles. The van der Waals surface area contributed by atoms with Crippen molar-refractivity contribution in [3.8, 4) is 34.5 Å². The molecule has 8 aliphatic heterocycles. The maximum absolute atomic E-state index is 14.8. The van der Waals surface area contributed by atoms with Crippen LogP contribution in [0.3, 0.4) is 0 Å². The van der Waals surface area contributed by atoms with Gasteiger partial charge in [0.15, 0.2) is 14.7 Å². The maximum atomic E-state index is 14.8. The first-order chi connectivity index (χ1) is 55.7. The molecule has 5 saturated heterocycles. The van der Waals surface area contributed by atoms with Gasteiger partial charge in [0.1, 0.15) is 51.9 Å². The number of rotatable bonds is 19. The average Bonchev–Trinajstić information content (AvgIpc) is 1.57. The van der Waals surface area contributed by atoms with Crippen LogP contribution in [0.5, 0.6) is 34.5 Å². The standard InChI is InChI=1S/C29H31FN4O6S.C27H26FN3O6S.C26H26FN3O6S/c30-20-9-10-27-24(17-20)29-23(22-5-1-3-7-26(22)40-27)18-21(19-32-13-11-31(12-14-32)15-16-35)33(29)41(38,39)28-8-4-2-6-25(28)34(36)37;28-17-9-10-25-22(13-17)27-21(20-5-1-3-7-24(20)37-25)14-18(15-29-12-11-19(32)16-29)30(27)38(35,36)26-8-4-2-6-23(26)31(33)34;1-28(12-13-31)16-18-15-20-19-6-2-4-8-23(19)36-24-11-10-17(27)14-21(24)26(20)29(18)37(34,35)25-9-5-3-7-22(25)30(32)33/h1-10,17,21,23,29,35H,11-16,18-19H2;1-10,13,18-19,21,27,32H,11-12,14-16H2;2-11,14,18,20,26,31H,12-13,15-16H2,1H3/t21-,23-,29+;18-,19?,21-,27+;18-,20-,26+/m111/s1. The summed E-state index contributed by atoms with van der Waals surface area (Å²) in [5, 5.41) is 64.4. The van der Waals surface area contributed by atoms with E-state index in [1.165, 1.54) is 134 Å². The van der Waals surface area contributed by atoms with E-state index in [0.29, 0.717) is 129 Å². The van der Waals surface area contributed by atoms with Gasteiger partial charge in [0.25, 0.3) is 47.1 Å². The highest BCUT2D eigenvalue weighted by molar-refractivity contribution is 7.90. The Balaban J connectivity index is 0.000000137. The van der Waals surface area contributed by atoms with Gasteiger partial charge in [-0.15, -0.1) is 0 Å². The Kier molecular flexibility index (Phi) is 23.3. The molecular formula is C82H83F3N10O18S3. The molecule has 8 heterocycles. The highest BCUT2D eigenvalue weighted by atomic mass is 32.2. The van der Waals surface area contributed by atoms with E-state index in [-0.39, 0.29) is 36.5 Å². The number of fused-ring (bicyclic) bond motifs is 15. The lowest BCUT2D eigenvalue weighted by Gasteiger charge is -2.38. The molecule has 17 rings (SSSR count). The number of aliphatic hydroxyl groups is 3. The van der Waals surface area contributed by atoms with Gasteiger partial charge in [-0.2, -0.15) is 12.9 Å². The number of piperazine rings is 1. The van der Waals surface area contributed by atoms with Crippen molar-refractivity contribution in [1.29, 1.82) is 0 Å². The average molecular weight is 1650 g/mol. The van der Waals surface area contributed by atoms with Gasteiger partial charge in [-0.1, -0.05) is 91.0 Å². The van der Waals surface area contributed by atoms with E-state index in [2.05, 4.69) is 9.80 Å². The summed E-state index contributed by atoms with van der Waals surface area (Å²) in [6.07, 6.45) is 1.29. The molecule has 5 fully saturated rings. The van der Waals surface area contributed by atoms with Crippen LogP contribution in [0.2, 0.25) is 0 Å². The molecule has 0 aromatic heterocycles. The van der Waals surface area contributed by atoms with Gasteiger partial charge >= 0.3 is 0 Å². The maximum Gasteiger partial charge on any atom is 0.289 e. The minimum atomic E-state index is -4.44. The Hall–Kier alpha value is -10.2. The number of sulfonamides is 3. The van der Waals surface area contributed by atoms with Gasteiger partial charge in [0.05, 0.1) is 52.2 Å². The normalized spacial score (nSPS) is 23.2. The predicted molar refractivity (Wildman–Crippen MR) is 418 cm³/mol. The van der Waals surface area contributed by atoms with Gasteiger partial charge in [-0.3, -0.25) is 45.0 Å². The van der Waals surface area contributed by atoms with Crippen LogP contribution in [0.25, 0.3) is 0 Å². The molecule has 28 nitrogen and oxygen atoms in total. The summed E-state index contributed by atoms with van der Waals surface area (Å²) >= 11 is 0. The van der Waals surface area contributed by atoms with Gasteiger partial charge in [-0.05, 0) is 140 Å². The fourth-order valence-corrected chi connectivity index (χ4v) is 24.1. The quantitative estimate of drug-likeness (QED) is 0.0500. The van der Waals surface area contributed by atoms with E-state index in [9.17, 15) is 84.1 Å². The lowest BCUT2D eigenvalue weighted by atomic mass is 9.87. The van der Waals surface area contributed by atoms with Crippen molar-refractivity contribution < 1.29 is 82.7 Å². The van der Waals surface area contributed by atoms with E-state index < -0.39 is 137 Å². The molecule has 0 radical (unpaired) electrons. The van der Waals surface area contributed by atoms with Gasteiger partial charge in [-0.25, -0.2) is 38.4 Å². The SMILES string of the molecule is CN(CCO)C[C@H]1C[C@@H]2c3ccccc3Oc3ccc(F)cc3[C@H]2N1S(=O)(=O)c1ccccc1[N+](=O)[O-].O=[N+]([O-])c1ccccc1S(=O)(=O)N1[C@@H](CN2CCC(O)C2)C[C@@H]2c3ccccc3Oc3ccc(F)cc3[C@H]21.O=[N+]([O-])c1ccccc1S(=O)(=O)N1[C@@H](CN2CCN(CCO)CC2)C[C@@H]2c3ccccc3Oc3ccc(F)cc3[C@H]21. The van der Waals surface area contributed by atoms with Crippen LogP contribution in [0.15, 0.2) is 215 Å². The summed E-state index contributed by atoms with van der Waals surface area (Å²) < 4.78 is 153. The molecule has 608 valence electrons. The summed E-state index contributed by atoms with van der Waals surface area (Å²) in [5.41, 5.74) is 1.95. The molecule has 3 N–H and O–H groups in total. The third-order valence-corrected chi connectivity index (χ3v) is 29.0. The van der Waals surface area contributed by atoms with Gasteiger partial charge in [0.2, 0.25) is 0 Å².